The molecule has 1 fully saturated rings. The van der Waals surface area contributed by atoms with Crippen LogP contribution >= 0.6 is 34.8 Å². The van der Waals surface area contributed by atoms with E-state index in [9.17, 15) is 44.7 Å². The zero-order valence-electron chi connectivity index (χ0n) is 19.8. The smallest absolute Gasteiger partial charge is 0.394 e. The number of nitrogen functional groups attached to an aromatic ring is 1. The highest BCUT2D eigenvalue weighted by atomic mass is 35.5. The number of anilines is 3. The molecule has 1 aliphatic carbocycles. The molecule has 41 heavy (non-hydrogen) atoms. The number of alkyl halides is 8. The molecule has 2 atom stereocenters. The summed E-state index contributed by atoms with van der Waals surface area (Å²) in [6.07, 6.45) is -10.3. The summed E-state index contributed by atoms with van der Waals surface area (Å²) in [4.78, 5) is 25.7. The number of carbonyl (C=O) groups is 2. The molecule has 1 saturated carbocycles. The van der Waals surface area contributed by atoms with Crippen LogP contribution in [0.4, 0.5) is 52.2 Å². The summed E-state index contributed by atoms with van der Waals surface area (Å²) >= 11 is 18.3. The molecular formula is C25H14Cl3F8N3O2. The number of carbonyl (C=O) groups excluding carboxylic acids is 2. The van der Waals surface area contributed by atoms with Crippen molar-refractivity contribution in [2.75, 3.05) is 16.4 Å². The third-order valence-corrected chi connectivity index (χ3v) is 7.43. The van der Waals surface area contributed by atoms with E-state index < -0.39 is 80.0 Å². The Labute approximate surface area is 240 Å². The molecule has 0 aliphatic heterocycles. The van der Waals surface area contributed by atoms with Crippen LogP contribution < -0.4 is 16.4 Å². The SMILES string of the molecule is Nc1c(F)ccc(NC(=O)c2cc(NC(=O)C3C(c4cc(C(F)(F)F)cc(C(F)(F)F)c4)C3(Cl)Cl)ccc2Cl)c1F. The van der Waals surface area contributed by atoms with Gasteiger partial charge in [-0.1, -0.05) is 11.6 Å². The second-order valence-corrected chi connectivity index (χ2v) is 10.8. The molecule has 0 saturated heterocycles. The predicted molar refractivity (Wildman–Crippen MR) is 136 cm³/mol. The first-order chi connectivity index (χ1) is 18.8. The molecule has 0 bridgehead atoms. The third kappa shape index (κ3) is 6.16. The fourth-order valence-electron chi connectivity index (χ4n) is 4.08. The fraction of sp³-hybridized carbons (Fsp3) is 0.200. The van der Waals surface area contributed by atoms with Crippen LogP contribution in [0.25, 0.3) is 0 Å². The molecule has 218 valence electrons. The van der Waals surface area contributed by atoms with Crippen molar-refractivity contribution in [2.24, 2.45) is 5.92 Å². The average Bonchev–Trinajstić information content (AvgIpc) is 3.46. The Kier molecular flexibility index (Phi) is 7.87. The summed E-state index contributed by atoms with van der Waals surface area (Å²) in [7, 11) is 0. The standard InChI is InChI=1S/C25H14Cl3F8N3O2/c26-14-2-1-12(8-13(14)21(40)39-16-4-3-15(29)20(37)19(16)30)38-22(41)18-17(23(18,27)28)9-5-10(24(31,32)33)7-11(6-9)25(34,35)36/h1-8,17-18H,37H2,(H,38,41)(H,39,40). The zero-order chi connectivity index (χ0) is 30.7. The molecule has 5 nitrogen and oxygen atoms in total. The van der Waals surface area contributed by atoms with E-state index in [4.69, 9.17) is 40.5 Å². The number of hydrogen-bond acceptors (Lipinski definition) is 3. The lowest BCUT2D eigenvalue weighted by Crippen LogP contribution is -2.18. The van der Waals surface area contributed by atoms with Crippen LogP contribution in [-0.2, 0) is 17.1 Å². The van der Waals surface area contributed by atoms with Gasteiger partial charge in [0.25, 0.3) is 5.91 Å². The van der Waals surface area contributed by atoms with E-state index in [0.717, 1.165) is 18.2 Å². The van der Waals surface area contributed by atoms with E-state index >= 15 is 0 Å². The van der Waals surface area contributed by atoms with Crippen LogP contribution in [0.2, 0.25) is 5.02 Å². The van der Waals surface area contributed by atoms with Crippen molar-refractivity contribution in [2.45, 2.75) is 22.6 Å². The minimum absolute atomic E-state index is 0.0719. The Morgan fingerprint density at radius 1 is 0.854 bits per heavy atom. The lowest BCUT2D eigenvalue weighted by atomic mass is 10.0. The van der Waals surface area contributed by atoms with Crippen LogP contribution in [0.5, 0.6) is 0 Å². The zero-order valence-corrected chi connectivity index (χ0v) is 22.1. The molecule has 0 spiro atoms. The van der Waals surface area contributed by atoms with E-state index in [-0.39, 0.29) is 22.3 Å². The van der Waals surface area contributed by atoms with Crippen LogP contribution in [0, 0.1) is 17.6 Å². The molecule has 4 N–H and O–H groups in total. The average molecular weight is 647 g/mol. The highest BCUT2D eigenvalue weighted by Gasteiger charge is 2.68. The molecule has 0 radical (unpaired) electrons. The van der Waals surface area contributed by atoms with Gasteiger partial charge in [-0.05, 0) is 54.1 Å². The van der Waals surface area contributed by atoms with Crippen molar-refractivity contribution in [1.82, 2.24) is 0 Å². The van der Waals surface area contributed by atoms with Gasteiger partial charge in [-0.25, -0.2) is 8.78 Å². The first kappa shape index (κ1) is 30.7. The Morgan fingerprint density at radius 2 is 1.44 bits per heavy atom. The van der Waals surface area contributed by atoms with Gasteiger partial charge in [-0.2, -0.15) is 26.3 Å². The van der Waals surface area contributed by atoms with Gasteiger partial charge in [-0.3, -0.25) is 9.59 Å². The molecule has 3 aromatic rings. The molecule has 3 aromatic carbocycles. The van der Waals surface area contributed by atoms with Crippen molar-refractivity contribution in [1.29, 1.82) is 0 Å². The maximum Gasteiger partial charge on any atom is 0.416 e. The van der Waals surface area contributed by atoms with E-state index in [2.05, 4.69) is 10.6 Å². The summed E-state index contributed by atoms with van der Waals surface area (Å²) in [6, 6.07) is 5.95. The van der Waals surface area contributed by atoms with Gasteiger partial charge in [0.2, 0.25) is 5.91 Å². The monoisotopic (exact) mass is 645 g/mol. The van der Waals surface area contributed by atoms with E-state index in [1.165, 1.54) is 12.1 Å². The van der Waals surface area contributed by atoms with E-state index in [1.807, 2.05) is 0 Å². The minimum Gasteiger partial charge on any atom is -0.394 e. The highest BCUT2D eigenvalue weighted by Crippen LogP contribution is 2.65. The minimum atomic E-state index is -5.13. The van der Waals surface area contributed by atoms with Gasteiger partial charge in [0.15, 0.2) is 5.82 Å². The Bertz CT molecular complexity index is 1530. The summed E-state index contributed by atoms with van der Waals surface area (Å²) in [5, 5.41) is 4.31. The quantitative estimate of drug-likeness (QED) is 0.149. The van der Waals surface area contributed by atoms with Gasteiger partial charge in [0, 0.05) is 11.6 Å². The summed E-state index contributed by atoms with van der Waals surface area (Å²) in [5.41, 5.74) is -0.225. The largest absolute Gasteiger partial charge is 0.416 e. The molecular weight excluding hydrogens is 633 g/mol. The normalized spacial score (nSPS) is 18.1. The van der Waals surface area contributed by atoms with Crippen molar-refractivity contribution in [3.8, 4) is 0 Å². The second-order valence-electron chi connectivity index (χ2n) is 8.93. The topological polar surface area (TPSA) is 84.2 Å². The third-order valence-electron chi connectivity index (χ3n) is 6.16. The second kappa shape index (κ2) is 10.5. The number of amides is 2. The molecule has 1 aliphatic rings. The molecule has 2 amide bonds. The van der Waals surface area contributed by atoms with Gasteiger partial charge in [0.05, 0.1) is 33.3 Å². The molecule has 4 rings (SSSR count). The highest BCUT2D eigenvalue weighted by molar-refractivity contribution is 6.53. The van der Waals surface area contributed by atoms with Crippen molar-refractivity contribution in [3.05, 3.63) is 87.4 Å². The number of benzene rings is 3. The number of nitrogens with one attached hydrogen (secondary N) is 2. The van der Waals surface area contributed by atoms with E-state index in [1.54, 1.807) is 0 Å². The number of hydrogen-bond donors (Lipinski definition) is 3. The van der Waals surface area contributed by atoms with Crippen LogP contribution in [-0.4, -0.2) is 16.1 Å². The maximum atomic E-state index is 14.2. The summed E-state index contributed by atoms with van der Waals surface area (Å²) in [5.74, 6) is -7.22. The first-order valence-electron chi connectivity index (χ1n) is 11.1. The van der Waals surface area contributed by atoms with Crippen LogP contribution in [0.3, 0.4) is 0 Å². The van der Waals surface area contributed by atoms with Gasteiger partial charge in [-0.15, -0.1) is 23.2 Å². The first-order valence-corrected chi connectivity index (χ1v) is 12.3. The summed E-state index contributed by atoms with van der Waals surface area (Å²) < 4.78 is 105. The maximum absolute atomic E-state index is 14.2. The molecule has 0 heterocycles. The lowest BCUT2D eigenvalue weighted by molar-refractivity contribution is -0.143. The molecule has 0 aromatic heterocycles. The number of rotatable bonds is 5. The number of nitrogens with two attached hydrogens (primary N) is 1. The van der Waals surface area contributed by atoms with E-state index in [0.29, 0.717) is 12.1 Å². The number of halogens is 11. The van der Waals surface area contributed by atoms with Crippen molar-refractivity contribution >= 4 is 63.7 Å². The lowest BCUT2D eigenvalue weighted by Gasteiger charge is -2.14. The molecule has 2 unspecified atom stereocenters. The van der Waals surface area contributed by atoms with Crippen LogP contribution in [0.15, 0.2) is 48.5 Å². The molecule has 16 heteroatoms. The Morgan fingerprint density at radius 3 is 2.00 bits per heavy atom. The van der Waals surface area contributed by atoms with Crippen molar-refractivity contribution in [3.63, 3.8) is 0 Å². The van der Waals surface area contributed by atoms with Gasteiger partial charge in [0.1, 0.15) is 15.8 Å². The Hall–Kier alpha value is -3.29. The Balaban J connectivity index is 1.58. The van der Waals surface area contributed by atoms with Crippen LogP contribution in [0.1, 0.15) is 33.0 Å². The summed E-state index contributed by atoms with van der Waals surface area (Å²) in [6.45, 7) is 0. The fourth-order valence-corrected chi connectivity index (χ4v) is 5.11. The van der Waals surface area contributed by atoms with Crippen molar-refractivity contribution < 1.29 is 44.7 Å². The van der Waals surface area contributed by atoms with Gasteiger partial charge >= 0.3 is 12.4 Å². The predicted octanol–water partition coefficient (Wildman–Crippen LogP) is 8.02. The van der Waals surface area contributed by atoms with Gasteiger partial charge < -0.3 is 16.4 Å².